The van der Waals surface area contributed by atoms with Crippen LogP contribution in [0.25, 0.3) is 16.5 Å². The van der Waals surface area contributed by atoms with Gasteiger partial charge in [0.1, 0.15) is 0 Å². The third-order valence-electron chi connectivity index (χ3n) is 6.95. The number of fused-ring (bicyclic) bond motifs is 1. The van der Waals surface area contributed by atoms with Crippen LogP contribution in [-0.4, -0.2) is 59.9 Å². The summed E-state index contributed by atoms with van der Waals surface area (Å²) in [6.07, 6.45) is 1.91. The summed E-state index contributed by atoms with van der Waals surface area (Å²) in [6, 6.07) is 25.1. The summed E-state index contributed by atoms with van der Waals surface area (Å²) < 4.78 is 1.31. The number of unbranched alkanes of at least 4 members (excludes halogenated alkanes) is 1. The Morgan fingerprint density at radius 1 is 0.838 bits per heavy atom. The molecule has 7 nitrogen and oxygen atoms in total. The van der Waals surface area contributed by atoms with Gasteiger partial charge < -0.3 is 10.2 Å². The van der Waals surface area contributed by atoms with Gasteiger partial charge in [0.2, 0.25) is 0 Å². The van der Waals surface area contributed by atoms with Crippen molar-refractivity contribution in [2.24, 2.45) is 0 Å². The van der Waals surface area contributed by atoms with E-state index in [2.05, 4.69) is 51.4 Å². The molecule has 0 radical (unpaired) electrons. The first-order valence-corrected chi connectivity index (χ1v) is 13.0. The maximum absolute atomic E-state index is 13.1. The molecule has 1 amide bonds. The highest BCUT2D eigenvalue weighted by atomic mass is 16.2. The lowest BCUT2D eigenvalue weighted by molar-refractivity contribution is 0.0947. The second-order valence-corrected chi connectivity index (χ2v) is 9.58. The second kappa shape index (κ2) is 11.4. The highest BCUT2D eigenvalue weighted by Crippen LogP contribution is 2.18. The number of piperazine rings is 1. The summed E-state index contributed by atoms with van der Waals surface area (Å²) in [6.45, 7) is 7.91. The molecule has 1 aromatic heterocycles. The van der Waals surface area contributed by atoms with Crippen molar-refractivity contribution in [2.75, 3.05) is 44.2 Å². The van der Waals surface area contributed by atoms with E-state index in [9.17, 15) is 9.59 Å². The molecule has 1 aliphatic rings. The third kappa shape index (κ3) is 5.73. The fraction of sp³-hybridized carbons (Fsp3) is 0.300. The molecule has 0 saturated carbocycles. The van der Waals surface area contributed by atoms with Crippen molar-refractivity contribution in [3.8, 4) is 5.69 Å². The molecule has 1 fully saturated rings. The normalized spacial score (nSPS) is 14.1. The van der Waals surface area contributed by atoms with Crippen molar-refractivity contribution in [1.29, 1.82) is 0 Å². The number of carbonyl (C=O) groups is 1. The van der Waals surface area contributed by atoms with Crippen LogP contribution >= 0.6 is 0 Å². The average molecular weight is 496 g/mol. The Balaban J connectivity index is 1.15. The van der Waals surface area contributed by atoms with Crippen molar-refractivity contribution >= 4 is 22.4 Å². The highest BCUT2D eigenvalue weighted by molar-refractivity contribution is 6.04. The summed E-state index contributed by atoms with van der Waals surface area (Å²) >= 11 is 0. The van der Waals surface area contributed by atoms with E-state index < -0.39 is 0 Å². The van der Waals surface area contributed by atoms with Gasteiger partial charge in [0, 0.05) is 43.8 Å². The second-order valence-electron chi connectivity index (χ2n) is 9.58. The zero-order valence-electron chi connectivity index (χ0n) is 21.3. The molecular weight excluding hydrogens is 462 g/mol. The monoisotopic (exact) mass is 495 g/mol. The molecule has 2 heterocycles. The minimum absolute atomic E-state index is 0.235. The van der Waals surface area contributed by atoms with Gasteiger partial charge in [0.25, 0.3) is 11.5 Å². The van der Waals surface area contributed by atoms with Crippen LogP contribution < -0.4 is 15.8 Å². The third-order valence-corrected chi connectivity index (χ3v) is 6.95. The van der Waals surface area contributed by atoms with E-state index in [-0.39, 0.29) is 17.2 Å². The van der Waals surface area contributed by atoms with E-state index in [0.717, 1.165) is 45.6 Å². The molecule has 5 rings (SSSR count). The topological polar surface area (TPSA) is 70.5 Å². The van der Waals surface area contributed by atoms with Crippen molar-refractivity contribution < 1.29 is 4.79 Å². The van der Waals surface area contributed by atoms with Crippen molar-refractivity contribution in [1.82, 2.24) is 20.0 Å². The molecule has 7 heteroatoms. The first-order chi connectivity index (χ1) is 18.1. The van der Waals surface area contributed by atoms with Gasteiger partial charge in [0.05, 0.1) is 11.1 Å². The van der Waals surface area contributed by atoms with Gasteiger partial charge in [-0.1, -0.05) is 48.5 Å². The fourth-order valence-electron chi connectivity index (χ4n) is 4.90. The first-order valence-electron chi connectivity index (χ1n) is 13.0. The minimum Gasteiger partial charge on any atom is -0.369 e. The number of anilines is 1. The highest BCUT2D eigenvalue weighted by Gasteiger charge is 2.18. The molecule has 37 heavy (non-hydrogen) atoms. The molecule has 4 aromatic rings. The molecule has 0 spiro atoms. The number of hydrogen-bond donors (Lipinski definition) is 1. The van der Waals surface area contributed by atoms with Crippen LogP contribution in [0, 0.1) is 6.92 Å². The van der Waals surface area contributed by atoms with Gasteiger partial charge in [-0.3, -0.25) is 14.5 Å². The van der Waals surface area contributed by atoms with Crippen molar-refractivity contribution in [2.45, 2.75) is 19.8 Å². The quantitative estimate of drug-likeness (QED) is 0.374. The molecule has 1 aliphatic heterocycles. The van der Waals surface area contributed by atoms with E-state index >= 15 is 0 Å². The van der Waals surface area contributed by atoms with Gasteiger partial charge in [-0.05, 0) is 62.2 Å². The predicted molar refractivity (Wildman–Crippen MR) is 149 cm³/mol. The van der Waals surface area contributed by atoms with Gasteiger partial charge in [-0.15, -0.1) is 0 Å². The summed E-state index contributed by atoms with van der Waals surface area (Å²) in [5.74, 6) is -0.257. The Morgan fingerprint density at radius 2 is 1.54 bits per heavy atom. The van der Waals surface area contributed by atoms with Crippen LogP contribution in [0.4, 0.5) is 5.69 Å². The largest absolute Gasteiger partial charge is 0.369 e. The number of nitrogens with one attached hydrogen (secondary N) is 1. The fourth-order valence-corrected chi connectivity index (χ4v) is 4.90. The number of amides is 1. The van der Waals surface area contributed by atoms with E-state index in [4.69, 9.17) is 0 Å². The number of hydrogen-bond acceptors (Lipinski definition) is 5. The van der Waals surface area contributed by atoms with Gasteiger partial charge in [-0.25, -0.2) is 0 Å². The zero-order chi connectivity index (χ0) is 25.6. The first kappa shape index (κ1) is 24.7. The van der Waals surface area contributed by atoms with E-state index in [1.165, 1.54) is 15.9 Å². The Morgan fingerprint density at radius 3 is 2.30 bits per heavy atom. The van der Waals surface area contributed by atoms with Crippen molar-refractivity contribution in [3.63, 3.8) is 0 Å². The molecule has 0 atom stereocenters. The van der Waals surface area contributed by atoms with Crippen LogP contribution in [-0.2, 0) is 0 Å². The summed E-state index contributed by atoms with van der Waals surface area (Å²) in [7, 11) is 0. The SMILES string of the molecule is Cc1cccc(N2CCN(CCCCNC(=O)c3nn(-c4ccccc4)c(=O)c4ccccc34)CC2)c1. The lowest BCUT2D eigenvalue weighted by Gasteiger charge is -2.36. The lowest BCUT2D eigenvalue weighted by Crippen LogP contribution is -2.46. The van der Waals surface area contributed by atoms with Crippen LogP contribution in [0.5, 0.6) is 0 Å². The molecule has 0 aliphatic carbocycles. The number of para-hydroxylation sites is 1. The number of rotatable bonds is 8. The number of carbonyl (C=O) groups excluding carboxylic acids is 1. The molecular formula is C30H33N5O2. The summed E-state index contributed by atoms with van der Waals surface area (Å²) in [5.41, 5.74) is 3.27. The summed E-state index contributed by atoms with van der Waals surface area (Å²) in [5, 5.41) is 8.53. The Kier molecular flexibility index (Phi) is 7.61. The van der Waals surface area contributed by atoms with Crippen LogP contribution in [0.2, 0.25) is 0 Å². The molecule has 1 saturated heterocycles. The van der Waals surface area contributed by atoms with Crippen LogP contribution in [0.1, 0.15) is 28.9 Å². The standard InChI is InChI=1S/C30H33N5O2/c1-23-10-9-13-25(22-23)34-20-18-33(19-21-34)17-8-7-16-31-29(36)28-26-14-5-6-15-27(26)30(37)35(32-28)24-11-3-2-4-12-24/h2-6,9-15,22H,7-8,16-21H2,1H3,(H,31,36). The van der Waals surface area contributed by atoms with Crippen LogP contribution in [0.15, 0.2) is 83.7 Å². The zero-order valence-corrected chi connectivity index (χ0v) is 21.3. The molecule has 3 aromatic carbocycles. The van der Waals surface area contributed by atoms with E-state index in [0.29, 0.717) is 23.0 Å². The Hall–Kier alpha value is -3.97. The molecule has 190 valence electrons. The minimum atomic E-state index is -0.257. The van der Waals surface area contributed by atoms with Gasteiger partial charge in [0.15, 0.2) is 5.69 Å². The Bertz CT molecular complexity index is 1430. The maximum Gasteiger partial charge on any atom is 0.279 e. The van der Waals surface area contributed by atoms with Gasteiger partial charge >= 0.3 is 0 Å². The number of nitrogens with zero attached hydrogens (tertiary/aromatic N) is 4. The van der Waals surface area contributed by atoms with E-state index in [1.54, 1.807) is 12.1 Å². The predicted octanol–water partition coefficient (Wildman–Crippen LogP) is 4.03. The molecule has 0 bridgehead atoms. The lowest BCUT2D eigenvalue weighted by atomic mass is 10.1. The number of benzene rings is 3. The molecule has 0 unspecified atom stereocenters. The molecule has 1 N–H and O–H groups in total. The van der Waals surface area contributed by atoms with Crippen molar-refractivity contribution in [3.05, 3.63) is 100 Å². The van der Waals surface area contributed by atoms with Gasteiger partial charge in [-0.2, -0.15) is 9.78 Å². The summed E-state index contributed by atoms with van der Waals surface area (Å²) in [4.78, 5) is 31.1. The van der Waals surface area contributed by atoms with Crippen LogP contribution in [0.3, 0.4) is 0 Å². The number of aryl methyl sites for hydroxylation is 1. The number of aromatic nitrogens is 2. The average Bonchev–Trinajstić information content (AvgIpc) is 2.94. The van der Waals surface area contributed by atoms with E-state index in [1.807, 2.05) is 42.5 Å². The smallest absolute Gasteiger partial charge is 0.279 e. The Labute approximate surface area is 217 Å². The maximum atomic E-state index is 13.1.